The summed E-state index contributed by atoms with van der Waals surface area (Å²) in [4.78, 5) is 72.8. The third-order valence-electron chi connectivity index (χ3n) is 12.0. The molecule has 1 saturated carbocycles. The summed E-state index contributed by atoms with van der Waals surface area (Å²) in [6, 6.07) is 8.91. The number of ether oxygens (including phenoxy) is 3. The normalized spacial score (nSPS) is 20.2. The van der Waals surface area contributed by atoms with Crippen LogP contribution in [0.5, 0.6) is 0 Å². The van der Waals surface area contributed by atoms with Crippen LogP contribution in [-0.4, -0.2) is 102 Å². The molecule has 2 N–H and O–H groups in total. The first kappa shape index (κ1) is 47.2. The zero-order valence-electron chi connectivity index (χ0n) is 36.3. The second kappa shape index (κ2) is 21.0. The van der Waals surface area contributed by atoms with E-state index < -0.39 is 47.1 Å². The lowest BCUT2D eigenvalue weighted by Gasteiger charge is -2.43. The van der Waals surface area contributed by atoms with Crippen molar-refractivity contribution in [2.45, 2.75) is 161 Å². The Morgan fingerprint density at radius 1 is 0.857 bits per heavy atom. The number of amides is 2. The minimum Gasteiger partial charge on any atom is -0.460 e. The van der Waals surface area contributed by atoms with Gasteiger partial charge in [0.25, 0.3) is 0 Å². The maximum Gasteiger partial charge on any atom is 0.310 e. The second-order valence-corrected chi connectivity index (χ2v) is 18.4. The van der Waals surface area contributed by atoms with Gasteiger partial charge in [-0.3, -0.25) is 24.0 Å². The Morgan fingerprint density at radius 2 is 1.48 bits per heavy atom. The van der Waals surface area contributed by atoms with Crippen LogP contribution in [0, 0.1) is 29.6 Å². The van der Waals surface area contributed by atoms with E-state index in [2.05, 4.69) is 0 Å². The summed E-state index contributed by atoms with van der Waals surface area (Å²) in [5, 5.41) is 0. The maximum atomic E-state index is 14.4. The molecule has 1 saturated heterocycles. The molecule has 1 aliphatic carbocycles. The predicted molar refractivity (Wildman–Crippen MR) is 219 cm³/mol. The molecule has 1 aromatic carbocycles. The standard InChI is InChI=1S/C45H73N3O8/c1-29(2)34(27-38(50)45(7,8)46)42(52)47(9)40(32-21-16-13-17-22-32)37(54-10)28-39(51)48-24-18-23-35(48)41(55-11)30(3)36(49)26-33(43(53)56-44(4,5)6)25-31-19-14-12-15-20-31/h12,14-15,19-20,29-30,32-35,37,40-41H,13,16-18,21-28,46H2,1-11H3/t30-,33+,34-,35-,37+,40-,41+/m0/s1. The van der Waals surface area contributed by atoms with Crippen molar-refractivity contribution in [1.82, 2.24) is 9.80 Å². The topological polar surface area (TPSA) is 146 Å². The number of rotatable bonds is 20. The van der Waals surface area contributed by atoms with Crippen LogP contribution in [0.15, 0.2) is 30.3 Å². The molecule has 56 heavy (non-hydrogen) atoms. The molecule has 11 heteroatoms. The lowest BCUT2D eigenvalue weighted by molar-refractivity contribution is -0.161. The van der Waals surface area contributed by atoms with E-state index in [0.717, 1.165) is 44.1 Å². The van der Waals surface area contributed by atoms with Gasteiger partial charge in [0.1, 0.15) is 11.4 Å². The molecule has 11 nitrogen and oxygen atoms in total. The van der Waals surface area contributed by atoms with Crippen LogP contribution in [0.25, 0.3) is 0 Å². The number of ketones is 2. The van der Waals surface area contributed by atoms with E-state index in [1.807, 2.05) is 76.8 Å². The van der Waals surface area contributed by atoms with Gasteiger partial charge < -0.3 is 29.7 Å². The monoisotopic (exact) mass is 784 g/mol. The van der Waals surface area contributed by atoms with E-state index in [1.54, 1.807) is 40.0 Å². The van der Waals surface area contributed by atoms with Crippen molar-refractivity contribution >= 4 is 29.4 Å². The number of likely N-dealkylation sites (tertiary alicyclic amines) is 1. The van der Waals surface area contributed by atoms with Gasteiger partial charge in [0.05, 0.1) is 42.2 Å². The number of Topliss-reactive ketones (excluding diaryl/α,β-unsaturated/α-hetero) is 2. The number of nitrogens with two attached hydrogens (primary N) is 1. The number of methoxy groups -OCH3 is 2. The summed E-state index contributed by atoms with van der Waals surface area (Å²) in [6.07, 6.45) is 5.78. The first-order valence-electron chi connectivity index (χ1n) is 20.9. The van der Waals surface area contributed by atoms with Crippen molar-refractivity contribution in [3.05, 3.63) is 35.9 Å². The number of esters is 1. The number of likely N-dealkylation sites (N-methyl/N-ethyl adjacent to an activating group) is 1. The predicted octanol–water partition coefficient (Wildman–Crippen LogP) is 6.57. The van der Waals surface area contributed by atoms with Crippen molar-refractivity contribution < 1.29 is 38.2 Å². The molecule has 0 unspecified atom stereocenters. The summed E-state index contributed by atoms with van der Waals surface area (Å²) in [5.74, 6) is -2.71. The van der Waals surface area contributed by atoms with E-state index in [0.29, 0.717) is 19.4 Å². The average molecular weight is 784 g/mol. The van der Waals surface area contributed by atoms with Crippen molar-refractivity contribution in [2.24, 2.45) is 35.3 Å². The number of benzene rings is 1. The molecule has 2 amide bonds. The third-order valence-corrected chi connectivity index (χ3v) is 12.0. The molecule has 1 heterocycles. The quantitative estimate of drug-likeness (QED) is 0.145. The number of hydrogen-bond acceptors (Lipinski definition) is 9. The summed E-state index contributed by atoms with van der Waals surface area (Å²) >= 11 is 0. The average Bonchev–Trinajstić information content (AvgIpc) is 3.62. The molecule has 0 bridgehead atoms. The van der Waals surface area contributed by atoms with Gasteiger partial charge in [0, 0.05) is 52.5 Å². The highest BCUT2D eigenvalue weighted by Crippen LogP contribution is 2.35. The van der Waals surface area contributed by atoms with Crippen LogP contribution in [0.2, 0.25) is 0 Å². The zero-order valence-corrected chi connectivity index (χ0v) is 36.3. The van der Waals surface area contributed by atoms with Crippen LogP contribution in [-0.2, 0) is 44.6 Å². The first-order chi connectivity index (χ1) is 26.2. The zero-order chi connectivity index (χ0) is 42.0. The van der Waals surface area contributed by atoms with Gasteiger partial charge >= 0.3 is 5.97 Å². The fourth-order valence-electron chi connectivity index (χ4n) is 8.73. The molecule has 1 aromatic rings. The van der Waals surface area contributed by atoms with Crippen LogP contribution >= 0.6 is 0 Å². The van der Waals surface area contributed by atoms with Gasteiger partial charge in [0.15, 0.2) is 5.78 Å². The smallest absolute Gasteiger partial charge is 0.310 e. The molecule has 316 valence electrons. The Hall–Kier alpha value is -3.15. The molecule has 3 rings (SSSR count). The Kier molecular flexibility index (Phi) is 17.7. The van der Waals surface area contributed by atoms with Crippen molar-refractivity contribution in [3.8, 4) is 0 Å². The largest absolute Gasteiger partial charge is 0.460 e. The van der Waals surface area contributed by atoms with Crippen molar-refractivity contribution in [2.75, 3.05) is 27.8 Å². The Labute approximate surface area is 337 Å². The molecule has 0 aromatic heterocycles. The highest BCUT2D eigenvalue weighted by atomic mass is 16.6. The number of carbonyl (C=O) groups excluding carboxylic acids is 5. The number of carbonyl (C=O) groups is 5. The SMILES string of the molecule is CO[C@H]([C@@H](C)C(=O)C[C@@H](Cc1ccccc1)C(=O)OC(C)(C)C)[C@@H]1CCCN1C(=O)C[C@@H](OC)[C@H](C1CCCCC1)N(C)C(=O)[C@@H](CC(=O)C(C)(C)N)C(C)C. The lowest BCUT2D eigenvalue weighted by Crippen LogP contribution is -2.55. The molecule has 1 aliphatic heterocycles. The Morgan fingerprint density at radius 3 is 2.02 bits per heavy atom. The van der Waals surface area contributed by atoms with E-state index in [-0.39, 0.29) is 66.6 Å². The first-order valence-corrected chi connectivity index (χ1v) is 20.9. The third kappa shape index (κ3) is 13.2. The molecule has 7 atom stereocenters. The number of hydrogen-bond donors (Lipinski definition) is 1. The molecule has 2 aliphatic rings. The van der Waals surface area contributed by atoms with Gasteiger partial charge in [-0.05, 0) is 84.1 Å². The number of nitrogens with zero attached hydrogens (tertiary/aromatic N) is 2. The summed E-state index contributed by atoms with van der Waals surface area (Å²) in [6.45, 7) is 15.0. The fraction of sp³-hybridized carbons (Fsp3) is 0.756. The van der Waals surface area contributed by atoms with Crippen LogP contribution in [0.3, 0.4) is 0 Å². The van der Waals surface area contributed by atoms with Gasteiger partial charge in [-0.15, -0.1) is 0 Å². The van der Waals surface area contributed by atoms with Gasteiger partial charge in [-0.25, -0.2) is 0 Å². The van der Waals surface area contributed by atoms with Crippen molar-refractivity contribution in [3.63, 3.8) is 0 Å². The Balaban J connectivity index is 1.83. The van der Waals surface area contributed by atoms with Crippen LogP contribution in [0.1, 0.15) is 125 Å². The summed E-state index contributed by atoms with van der Waals surface area (Å²) < 4.78 is 17.9. The van der Waals surface area contributed by atoms with Gasteiger partial charge in [-0.1, -0.05) is 70.4 Å². The van der Waals surface area contributed by atoms with Crippen LogP contribution < -0.4 is 5.73 Å². The molecule has 0 spiro atoms. The molecule has 0 radical (unpaired) electrons. The van der Waals surface area contributed by atoms with Crippen LogP contribution in [0.4, 0.5) is 0 Å². The summed E-state index contributed by atoms with van der Waals surface area (Å²) in [5.41, 5.74) is 5.34. The minimum absolute atomic E-state index is 0.00751. The summed E-state index contributed by atoms with van der Waals surface area (Å²) in [7, 11) is 4.97. The molecule has 2 fully saturated rings. The van der Waals surface area contributed by atoms with E-state index >= 15 is 0 Å². The Bertz CT molecular complexity index is 1450. The minimum atomic E-state index is -1.05. The molecular weight excluding hydrogens is 711 g/mol. The maximum absolute atomic E-state index is 14.4. The van der Waals surface area contributed by atoms with Crippen molar-refractivity contribution in [1.29, 1.82) is 0 Å². The highest BCUT2D eigenvalue weighted by Gasteiger charge is 2.44. The van der Waals surface area contributed by atoms with Gasteiger partial charge in [-0.2, -0.15) is 0 Å². The van der Waals surface area contributed by atoms with E-state index in [1.165, 1.54) is 0 Å². The lowest BCUT2D eigenvalue weighted by atomic mass is 9.79. The van der Waals surface area contributed by atoms with Gasteiger partial charge in [0.2, 0.25) is 11.8 Å². The molecular formula is C45H73N3O8. The second-order valence-electron chi connectivity index (χ2n) is 18.4. The van der Waals surface area contributed by atoms with E-state index in [4.69, 9.17) is 19.9 Å². The fourth-order valence-corrected chi connectivity index (χ4v) is 8.73. The van der Waals surface area contributed by atoms with E-state index in [9.17, 15) is 24.0 Å². The highest BCUT2D eigenvalue weighted by molar-refractivity contribution is 5.92.